The van der Waals surface area contributed by atoms with Gasteiger partial charge in [-0.15, -0.1) is 0 Å². The van der Waals surface area contributed by atoms with Gasteiger partial charge in [0.2, 0.25) is 0 Å². The van der Waals surface area contributed by atoms with Crippen molar-refractivity contribution >= 4 is 33.7 Å². The Morgan fingerprint density at radius 2 is 0.950 bits per heavy atom. The Hall–Kier alpha value is -4.65. The zero-order chi connectivity index (χ0) is 26.8. The topological polar surface area (TPSA) is 308 Å². The van der Waals surface area contributed by atoms with Crippen molar-refractivity contribution in [3.63, 3.8) is 0 Å². The number of carbonyl (C=O) groups is 2. The van der Waals surface area contributed by atoms with Crippen LogP contribution in [0, 0.1) is 0 Å². The molecule has 0 unspecified atom stereocenters. The van der Waals surface area contributed by atoms with Crippen LogP contribution in [0.3, 0.4) is 0 Å². The van der Waals surface area contributed by atoms with Crippen molar-refractivity contribution in [2.24, 2.45) is 0 Å². The average molecular weight is 644 g/mol. The fourth-order valence-corrected chi connectivity index (χ4v) is 2.66. The number of carboxylic acid groups (broad SMARTS) is 2. The molecule has 2 aromatic heterocycles. The maximum absolute atomic E-state index is 10.3. The number of nitrogens with zero attached hydrogens (tertiary/aromatic N) is 8. The van der Waals surface area contributed by atoms with Gasteiger partial charge < -0.3 is 62.4 Å². The van der Waals surface area contributed by atoms with E-state index in [9.17, 15) is 19.8 Å². The van der Waals surface area contributed by atoms with Crippen LogP contribution in [0.1, 0.15) is 0 Å². The number of ether oxygens (including phenoxy) is 2. The molecule has 0 amide bonds. The summed E-state index contributed by atoms with van der Waals surface area (Å²) in [6.07, 6.45) is 3.27. The van der Waals surface area contributed by atoms with Gasteiger partial charge in [-0.3, -0.25) is 19.8 Å². The van der Waals surface area contributed by atoms with Crippen molar-refractivity contribution in [3.8, 4) is 11.5 Å². The quantitative estimate of drug-likeness (QED) is 0.124. The summed E-state index contributed by atoms with van der Waals surface area (Å²) >= 11 is 0. The summed E-state index contributed by atoms with van der Waals surface area (Å²) in [5.41, 5.74) is 28.3. The van der Waals surface area contributed by atoms with Gasteiger partial charge in [-0.25, -0.2) is 0 Å². The fraction of sp³-hybridized carbons (Fsp3) is 0.0909. The molecule has 0 aliphatic heterocycles. The van der Waals surface area contributed by atoms with E-state index in [0.717, 1.165) is 10.8 Å². The molecule has 6 N–H and O–H groups in total. The molecule has 4 rings (SSSR count). The van der Waals surface area contributed by atoms with Crippen LogP contribution in [0.5, 0.6) is 11.5 Å². The molecule has 0 atom stereocenters. The number of hydrogen-bond acceptors (Lipinski definition) is 8. The van der Waals surface area contributed by atoms with Crippen LogP contribution in [0.2, 0.25) is 0 Å². The first-order valence-electron chi connectivity index (χ1n) is 9.67. The summed E-state index contributed by atoms with van der Waals surface area (Å²) in [6, 6.07) is 18.1. The van der Waals surface area contributed by atoms with Crippen molar-refractivity contribution < 1.29 is 73.8 Å². The van der Waals surface area contributed by atoms with Crippen LogP contribution in [0.15, 0.2) is 73.1 Å². The predicted octanol–water partition coefficient (Wildman–Crippen LogP) is 0.610. The van der Waals surface area contributed by atoms with Gasteiger partial charge in [0.15, 0.2) is 0 Å². The zero-order valence-electron chi connectivity index (χ0n) is 20.2. The van der Waals surface area contributed by atoms with Crippen molar-refractivity contribution in [2.45, 2.75) is 0 Å². The standard InChI is InChI=1S/2C11H9NO3.2Co.2N3.2H2O/c2*13-10(14)7-15-9-5-1-3-8-4-2-6-12-11(8)9;;;2*1-3-2;;/h2*1-6H,7H2,(H,13,14);;;;;2*1H2/q;;2*+2;2*-1;;. The monoisotopic (exact) mass is 644 g/mol. The van der Waals surface area contributed by atoms with Crippen molar-refractivity contribution in [2.75, 3.05) is 13.2 Å². The Bertz CT molecular complexity index is 1270. The Balaban J connectivity index is -0.000000250. The third-order valence-electron chi connectivity index (χ3n) is 3.88. The second-order valence-electron chi connectivity index (χ2n) is 6.16. The number of pyridine rings is 2. The minimum atomic E-state index is -1.25. The smallest absolute Gasteiger partial charge is 0.546 e. The third-order valence-corrected chi connectivity index (χ3v) is 3.88. The number of aromatic nitrogens is 2. The Morgan fingerprint density at radius 3 is 1.25 bits per heavy atom. The Kier molecular flexibility index (Phi) is 26.2. The number of rotatable bonds is 6. The molecule has 0 fully saturated rings. The molecular weight excluding hydrogens is 622 g/mol. The number of para-hydroxylation sites is 2. The molecule has 0 aliphatic carbocycles. The second kappa shape index (κ2) is 24.7. The molecule has 0 saturated carbocycles. The Labute approximate surface area is 246 Å². The van der Waals surface area contributed by atoms with E-state index < -0.39 is 25.2 Å². The normalized spacial score (nSPS) is 8.00. The molecule has 16 nitrogen and oxygen atoms in total. The van der Waals surface area contributed by atoms with Crippen LogP contribution >= 0.6 is 0 Å². The van der Waals surface area contributed by atoms with E-state index in [1.165, 1.54) is 9.82 Å². The van der Waals surface area contributed by atoms with E-state index in [1.807, 2.05) is 36.4 Å². The molecule has 40 heavy (non-hydrogen) atoms. The van der Waals surface area contributed by atoms with Crippen molar-refractivity contribution in [3.05, 3.63) is 105 Å². The van der Waals surface area contributed by atoms with E-state index in [0.29, 0.717) is 22.5 Å². The van der Waals surface area contributed by atoms with E-state index >= 15 is 0 Å². The van der Waals surface area contributed by atoms with Gasteiger partial charge >= 0.3 is 33.6 Å². The van der Waals surface area contributed by atoms with Crippen LogP contribution in [0.25, 0.3) is 53.8 Å². The second-order valence-corrected chi connectivity index (χ2v) is 6.16. The van der Waals surface area contributed by atoms with Crippen LogP contribution in [-0.2, 0) is 54.1 Å². The maximum atomic E-state index is 10.3. The van der Waals surface area contributed by atoms with Gasteiger partial charge in [0.1, 0.15) is 35.7 Å². The molecule has 0 aliphatic rings. The molecule has 2 aromatic carbocycles. The van der Waals surface area contributed by atoms with Crippen molar-refractivity contribution in [1.29, 1.82) is 0 Å². The van der Waals surface area contributed by atoms with E-state index in [2.05, 4.69) is 9.97 Å². The predicted molar refractivity (Wildman–Crippen MR) is 134 cm³/mol. The largest absolute Gasteiger partial charge is 2.00 e. The van der Waals surface area contributed by atoms with Gasteiger partial charge in [-0.05, 0) is 24.3 Å². The molecule has 18 heteroatoms. The minimum Gasteiger partial charge on any atom is -0.546 e. The number of carboxylic acids is 2. The van der Waals surface area contributed by atoms with E-state index in [1.54, 1.807) is 36.7 Å². The number of hydrogen-bond donors (Lipinski definition) is 0. The number of aliphatic carboxylic acids is 2. The number of fused-ring (bicyclic) bond motifs is 2. The van der Waals surface area contributed by atoms with Gasteiger partial charge in [-0.1, -0.05) is 36.4 Å². The summed E-state index contributed by atoms with van der Waals surface area (Å²) in [5.74, 6) is -1.58. The molecule has 0 spiro atoms. The van der Waals surface area contributed by atoms with Gasteiger partial charge in [0, 0.05) is 23.2 Å². The molecule has 2 radical (unpaired) electrons. The van der Waals surface area contributed by atoms with Crippen LogP contribution in [0.4, 0.5) is 0 Å². The van der Waals surface area contributed by atoms with Gasteiger partial charge in [0.25, 0.3) is 0 Å². The first-order valence-corrected chi connectivity index (χ1v) is 9.67. The molecule has 0 bridgehead atoms. The van der Waals surface area contributed by atoms with E-state index in [-0.39, 0.29) is 44.5 Å². The summed E-state index contributed by atoms with van der Waals surface area (Å²) in [5, 5.41) is 22.3. The summed E-state index contributed by atoms with van der Waals surface area (Å²) in [7, 11) is 0. The first-order chi connectivity index (χ1) is 17.4. The van der Waals surface area contributed by atoms with Crippen LogP contribution < -0.4 is 19.7 Å². The molecule has 0 saturated heterocycles. The molecular formula is C22H22Co2N8O8+2. The summed E-state index contributed by atoms with van der Waals surface area (Å²) < 4.78 is 10.1. The maximum Gasteiger partial charge on any atom is 2.00 e. The van der Waals surface area contributed by atoms with Gasteiger partial charge in [-0.2, -0.15) is 0 Å². The fourth-order valence-electron chi connectivity index (χ4n) is 2.66. The number of benzene rings is 2. The summed E-state index contributed by atoms with van der Waals surface area (Å²) in [6.45, 7) is -0.925. The van der Waals surface area contributed by atoms with Crippen LogP contribution in [-0.4, -0.2) is 35.1 Å². The zero-order valence-corrected chi connectivity index (χ0v) is 22.3. The summed E-state index contributed by atoms with van der Waals surface area (Å²) in [4.78, 5) is 31.7. The SMILES string of the molecule is O=C([O-])COc1cccc2cccnc12.O=C([O-])COc1cccc2cccnc12.[Co+2].[Co+2].[N-]=[N+]=[N-].[N-]=[N+]=[N-].[OH3+].[OH3+]. The van der Waals surface area contributed by atoms with Crippen molar-refractivity contribution in [1.82, 2.24) is 9.97 Å². The Morgan fingerprint density at radius 1 is 0.650 bits per heavy atom. The number of carbonyl (C=O) groups excluding carboxylic acids is 2. The van der Waals surface area contributed by atoms with Gasteiger partial charge in [0.05, 0.1) is 11.9 Å². The molecule has 214 valence electrons. The third kappa shape index (κ3) is 15.6. The molecule has 4 aromatic rings. The van der Waals surface area contributed by atoms with E-state index in [4.69, 9.17) is 31.6 Å². The molecule has 2 heterocycles. The average Bonchev–Trinajstić information content (AvgIpc) is 2.87. The first kappa shape index (κ1) is 42.4. The minimum absolute atomic E-state index is 0.